The highest BCUT2D eigenvalue weighted by Gasteiger charge is 2.24. The number of amides is 1. The lowest BCUT2D eigenvalue weighted by Crippen LogP contribution is -2.42. The lowest BCUT2D eigenvalue weighted by Gasteiger charge is -2.18. The number of fused-ring (bicyclic) bond motifs is 1. The molecule has 1 amide bonds. The van der Waals surface area contributed by atoms with Crippen molar-refractivity contribution in [3.05, 3.63) is 48.2 Å². The summed E-state index contributed by atoms with van der Waals surface area (Å²) in [6.45, 7) is 7.36. The van der Waals surface area contributed by atoms with Gasteiger partial charge in [0.15, 0.2) is 5.65 Å². The Labute approximate surface area is 152 Å². The van der Waals surface area contributed by atoms with Gasteiger partial charge in [0.25, 0.3) is 5.91 Å². The summed E-state index contributed by atoms with van der Waals surface area (Å²) in [4.78, 5) is 17.6. The van der Waals surface area contributed by atoms with Crippen LogP contribution in [0, 0.1) is 11.3 Å². The number of carbonyl (C=O) groups excluding carboxylic acids is 1. The van der Waals surface area contributed by atoms with Crippen molar-refractivity contribution in [3.63, 3.8) is 0 Å². The molecule has 2 aromatic heterocycles. The van der Waals surface area contributed by atoms with Crippen LogP contribution in [0.4, 0.5) is 0 Å². The smallest absolute Gasteiger partial charge is 0.253 e. The molecule has 2 heterocycles. The zero-order valence-electron chi connectivity index (χ0n) is 15.3. The summed E-state index contributed by atoms with van der Waals surface area (Å²) in [5.74, 6) is -0.315. The van der Waals surface area contributed by atoms with Crippen LogP contribution in [0.15, 0.2) is 42.6 Å². The zero-order chi connectivity index (χ0) is 18.9. The molecule has 132 valence electrons. The first-order valence-corrected chi connectivity index (χ1v) is 8.50. The Bertz CT molecular complexity index is 996. The van der Waals surface area contributed by atoms with E-state index in [-0.39, 0.29) is 11.9 Å². The van der Waals surface area contributed by atoms with Crippen LogP contribution < -0.4 is 5.32 Å². The Hall–Kier alpha value is -3.20. The summed E-state index contributed by atoms with van der Waals surface area (Å²) < 4.78 is 1.80. The molecule has 3 aromatic rings. The highest BCUT2D eigenvalue weighted by molar-refractivity contribution is 6.06. The van der Waals surface area contributed by atoms with Gasteiger partial charge in [0, 0.05) is 11.6 Å². The van der Waals surface area contributed by atoms with Crippen molar-refractivity contribution in [2.24, 2.45) is 0 Å². The summed E-state index contributed by atoms with van der Waals surface area (Å²) in [5.41, 5.74) is 1.76. The molecule has 1 aromatic carbocycles. The van der Waals surface area contributed by atoms with Crippen LogP contribution in [-0.4, -0.2) is 26.2 Å². The molecule has 0 saturated heterocycles. The van der Waals surface area contributed by atoms with Crippen molar-refractivity contribution in [1.29, 1.82) is 5.26 Å². The van der Waals surface area contributed by atoms with Gasteiger partial charge in [0.05, 0.1) is 28.9 Å². The van der Waals surface area contributed by atoms with Crippen molar-refractivity contribution in [2.75, 3.05) is 0 Å². The van der Waals surface area contributed by atoms with E-state index in [0.29, 0.717) is 22.3 Å². The zero-order valence-corrected chi connectivity index (χ0v) is 15.3. The average Bonchev–Trinajstić information content (AvgIpc) is 3.05. The molecule has 0 unspecified atom stereocenters. The minimum absolute atomic E-state index is 0.109. The van der Waals surface area contributed by atoms with Gasteiger partial charge in [-0.05, 0) is 33.8 Å². The Morgan fingerprint density at radius 2 is 1.96 bits per heavy atom. The molecular weight excluding hydrogens is 326 g/mol. The molecule has 0 fully saturated rings. The number of hydrogen-bond donors (Lipinski definition) is 1. The highest BCUT2D eigenvalue weighted by Crippen LogP contribution is 2.26. The van der Waals surface area contributed by atoms with E-state index in [9.17, 15) is 10.1 Å². The fraction of sp³-hybridized carbons (Fsp3) is 0.300. The number of nitrogens with zero attached hydrogens (tertiary/aromatic N) is 4. The molecule has 0 aliphatic carbocycles. The third-order valence-corrected chi connectivity index (χ3v) is 4.08. The van der Waals surface area contributed by atoms with E-state index in [0.717, 1.165) is 5.56 Å². The standard InChI is InChI=1S/C20H21N5O/c1-13(2)25-18-16(11-22-25)15(19(26)24-20(3,4)12-21)10-17(23-18)14-8-6-5-7-9-14/h5-11,13H,1-4H3,(H,24,26). The van der Waals surface area contributed by atoms with Crippen LogP contribution in [0.1, 0.15) is 44.1 Å². The SMILES string of the molecule is CC(C)n1ncc2c(C(=O)NC(C)(C)C#N)cc(-c3ccccc3)nc21. The van der Waals surface area contributed by atoms with Crippen molar-refractivity contribution in [2.45, 2.75) is 39.3 Å². The van der Waals surface area contributed by atoms with Gasteiger partial charge in [-0.25, -0.2) is 9.67 Å². The largest absolute Gasteiger partial charge is 0.334 e. The Balaban J connectivity index is 2.21. The normalized spacial score (nSPS) is 11.5. The molecule has 6 nitrogen and oxygen atoms in total. The topological polar surface area (TPSA) is 83.6 Å². The molecule has 1 N–H and O–H groups in total. The summed E-state index contributed by atoms with van der Waals surface area (Å²) in [7, 11) is 0. The summed E-state index contributed by atoms with van der Waals surface area (Å²) >= 11 is 0. The number of carbonyl (C=O) groups is 1. The molecular formula is C20H21N5O. The quantitative estimate of drug-likeness (QED) is 0.780. The van der Waals surface area contributed by atoms with Gasteiger partial charge in [-0.1, -0.05) is 30.3 Å². The lowest BCUT2D eigenvalue weighted by molar-refractivity contribution is 0.0931. The second-order valence-electron chi connectivity index (χ2n) is 7.03. The van der Waals surface area contributed by atoms with E-state index < -0.39 is 5.54 Å². The van der Waals surface area contributed by atoms with Crippen LogP contribution in [0.3, 0.4) is 0 Å². The second-order valence-corrected chi connectivity index (χ2v) is 7.03. The summed E-state index contributed by atoms with van der Waals surface area (Å²) in [6, 6.07) is 13.7. The van der Waals surface area contributed by atoms with E-state index in [1.807, 2.05) is 44.2 Å². The van der Waals surface area contributed by atoms with Crippen LogP contribution in [0.25, 0.3) is 22.3 Å². The second kappa shape index (κ2) is 6.60. The fourth-order valence-electron chi connectivity index (χ4n) is 2.72. The first-order chi connectivity index (χ1) is 12.3. The number of hydrogen-bond acceptors (Lipinski definition) is 4. The van der Waals surface area contributed by atoms with Crippen molar-refractivity contribution >= 4 is 16.9 Å². The van der Waals surface area contributed by atoms with E-state index in [1.54, 1.807) is 30.8 Å². The first-order valence-electron chi connectivity index (χ1n) is 8.50. The van der Waals surface area contributed by atoms with Crippen LogP contribution in [0.2, 0.25) is 0 Å². The van der Waals surface area contributed by atoms with Crippen molar-refractivity contribution in [1.82, 2.24) is 20.1 Å². The van der Waals surface area contributed by atoms with E-state index >= 15 is 0 Å². The van der Waals surface area contributed by atoms with Gasteiger partial charge in [-0.2, -0.15) is 10.4 Å². The predicted octanol–water partition coefficient (Wildman–Crippen LogP) is 3.71. The van der Waals surface area contributed by atoms with Gasteiger partial charge in [0.1, 0.15) is 5.54 Å². The molecule has 26 heavy (non-hydrogen) atoms. The lowest BCUT2D eigenvalue weighted by atomic mass is 10.0. The van der Waals surface area contributed by atoms with Gasteiger partial charge in [-0.3, -0.25) is 4.79 Å². The van der Waals surface area contributed by atoms with Crippen LogP contribution in [-0.2, 0) is 0 Å². The maximum atomic E-state index is 12.9. The number of aromatic nitrogens is 3. The van der Waals surface area contributed by atoms with E-state index in [2.05, 4.69) is 16.5 Å². The molecule has 3 rings (SSSR count). The third kappa shape index (κ3) is 3.29. The Kier molecular flexibility index (Phi) is 4.47. The molecule has 0 bridgehead atoms. The third-order valence-electron chi connectivity index (χ3n) is 4.08. The summed E-state index contributed by atoms with van der Waals surface area (Å²) in [5, 5.41) is 17.1. The van der Waals surface area contributed by atoms with Crippen molar-refractivity contribution in [3.8, 4) is 17.3 Å². The number of nitrogens with one attached hydrogen (secondary N) is 1. The molecule has 0 aliphatic rings. The molecule has 0 saturated carbocycles. The Morgan fingerprint density at radius 3 is 2.58 bits per heavy atom. The molecule has 0 spiro atoms. The summed E-state index contributed by atoms with van der Waals surface area (Å²) in [6.07, 6.45) is 1.66. The monoisotopic (exact) mass is 347 g/mol. The average molecular weight is 347 g/mol. The number of rotatable bonds is 4. The predicted molar refractivity (Wildman–Crippen MR) is 101 cm³/mol. The van der Waals surface area contributed by atoms with Gasteiger partial charge >= 0.3 is 0 Å². The maximum Gasteiger partial charge on any atom is 0.253 e. The minimum atomic E-state index is -0.965. The highest BCUT2D eigenvalue weighted by atomic mass is 16.1. The van der Waals surface area contributed by atoms with Crippen LogP contribution >= 0.6 is 0 Å². The molecule has 6 heteroatoms. The van der Waals surface area contributed by atoms with Crippen LogP contribution in [0.5, 0.6) is 0 Å². The first kappa shape index (κ1) is 17.6. The number of benzene rings is 1. The molecule has 0 atom stereocenters. The maximum absolute atomic E-state index is 12.9. The number of pyridine rings is 1. The molecule has 0 aliphatic heterocycles. The Morgan fingerprint density at radius 1 is 1.27 bits per heavy atom. The van der Waals surface area contributed by atoms with Gasteiger partial charge < -0.3 is 5.32 Å². The van der Waals surface area contributed by atoms with Crippen molar-refractivity contribution < 1.29 is 4.79 Å². The fourth-order valence-corrected chi connectivity index (χ4v) is 2.72. The van der Waals surface area contributed by atoms with Gasteiger partial charge in [-0.15, -0.1) is 0 Å². The number of nitriles is 1. The van der Waals surface area contributed by atoms with Gasteiger partial charge in [0.2, 0.25) is 0 Å². The molecule has 0 radical (unpaired) electrons. The minimum Gasteiger partial charge on any atom is -0.334 e. The van der Waals surface area contributed by atoms with E-state index in [1.165, 1.54) is 0 Å². The van der Waals surface area contributed by atoms with E-state index in [4.69, 9.17) is 4.98 Å².